The number of hydrogen-bond donors (Lipinski definition) is 0. The highest BCUT2D eigenvalue weighted by atomic mass is 35.5. The van der Waals surface area contributed by atoms with Crippen LogP contribution in [0.1, 0.15) is 6.92 Å². The Morgan fingerprint density at radius 3 is 2.56 bits per heavy atom. The monoisotopic (exact) mass is 141 g/mol. The van der Waals surface area contributed by atoms with Crippen LogP contribution < -0.4 is 0 Å². The van der Waals surface area contributed by atoms with E-state index >= 15 is 0 Å². The van der Waals surface area contributed by atoms with Crippen LogP contribution in [0.15, 0.2) is 24.3 Å². The minimum atomic E-state index is -0.269. The molecule has 0 N–H and O–H groups in total. The van der Waals surface area contributed by atoms with Crippen molar-refractivity contribution in [3.05, 3.63) is 31.2 Å². The summed E-state index contributed by atoms with van der Waals surface area (Å²) in [7, 11) is 0. The normalized spacial score (nSPS) is 41.4. The van der Waals surface area contributed by atoms with E-state index in [1.807, 2.05) is 31.2 Å². The van der Waals surface area contributed by atoms with Crippen molar-refractivity contribution in [2.24, 2.45) is 5.92 Å². The lowest BCUT2D eigenvalue weighted by molar-refractivity contribution is 0.642. The smallest absolute Gasteiger partial charge is 0.0663 e. The molecule has 0 fully saturated rings. The molecule has 0 heterocycles. The molecule has 0 bridgehead atoms. The molecule has 0 aromatic carbocycles. The van der Waals surface area contributed by atoms with E-state index in [9.17, 15) is 0 Å². The molecule has 0 amide bonds. The topological polar surface area (TPSA) is 0 Å². The average molecular weight is 142 g/mol. The summed E-state index contributed by atoms with van der Waals surface area (Å²) < 4.78 is 0. The Morgan fingerprint density at radius 2 is 2.22 bits per heavy atom. The van der Waals surface area contributed by atoms with Crippen LogP contribution in [0, 0.1) is 12.8 Å². The molecule has 1 aliphatic carbocycles. The number of halogens is 1. The van der Waals surface area contributed by atoms with Gasteiger partial charge >= 0.3 is 0 Å². The van der Waals surface area contributed by atoms with Crippen LogP contribution in [0.2, 0.25) is 0 Å². The standard InChI is InChI=1S/C8H10Cl/c1-7-5-3-4-6-8(7,2)9/h3-7H,1H2,2H3. The second kappa shape index (κ2) is 2.18. The zero-order valence-electron chi connectivity index (χ0n) is 5.47. The van der Waals surface area contributed by atoms with Gasteiger partial charge in [0.05, 0.1) is 4.87 Å². The molecule has 0 aromatic heterocycles. The van der Waals surface area contributed by atoms with Crippen molar-refractivity contribution in [1.29, 1.82) is 0 Å². The zero-order valence-corrected chi connectivity index (χ0v) is 6.23. The van der Waals surface area contributed by atoms with E-state index in [2.05, 4.69) is 6.92 Å². The maximum Gasteiger partial charge on any atom is 0.0663 e. The molecule has 0 nitrogen and oxygen atoms in total. The Kier molecular flexibility index (Phi) is 1.67. The van der Waals surface area contributed by atoms with Crippen LogP contribution in [-0.2, 0) is 0 Å². The first-order valence-electron chi connectivity index (χ1n) is 3.01. The summed E-state index contributed by atoms with van der Waals surface area (Å²) in [5.41, 5.74) is 0. The van der Waals surface area contributed by atoms with Crippen LogP contribution in [-0.4, -0.2) is 4.87 Å². The fourth-order valence-electron chi connectivity index (χ4n) is 0.754. The number of hydrogen-bond acceptors (Lipinski definition) is 0. The number of allylic oxidation sites excluding steroid dienone is 4. The summed E-state index contributed by atoms with van der Waals surface area (Å²) >= 11 is 6.02. The van der Waals surface area contributed by atoms with Gasteiger partial charge in [0.15, 0.2) is 0 Å². The lowest BCUT2D eigenvalue weighted by Crippen LogP contribution is -2.23. The molecule has 1 heteroatoms. The second-order valence-electron chi connectivity index (χ2n) is 2.50. The Balaban J connectivity index is 2.78. The van der Waals surface area contributed by atoms with E-state index < -0.39 is 0 Å². The minimum absolute atomic E-state index is 0.198. The van der Waals surface area contributed by atoms with E-state index in [0.717, 1.165) is 0 Å². The highest BCUT2D eigenvalue weighted by Gasteiger charge is 2.24. The summed E-state index contributed by atoms with van der Waals surface area (Å²) in [5.74, 6) is 0.198. The zero-order chi connectivity index (χ0) is 6.91. The molecule has 0 aromatic rings. The summed E-state index contributed by atoms with van der Waals surface area (Å²) in [5, 5.41) is 0. The fourth-order valence-corrected chi connectivity index (χ4v) is 0.899. The summed E-state index contributed by atoms with van der Waals surface area (Å²) in [4.78, 5) is -0.269. The van der Waals surface area contributed by atoms with Crippen molar-refractivity contribution in [3.63, 3.8) is 0 Å². The van der Waals surface area contributed by atoms with Gasteiger partial charge in [0, 0.05) is 0 Å². The van der Waals surface area contributed by atoms with Gasteiger partial charge in [0.1, 0.15) is 0 Å². The van der Waals surface area contributed by atoms with Crippen LogP contribution in [0.4, 0.5) is 0 Å². The third-order valence-corrected chi connectivity index (χ3v) is 2.01. The molecule has 0 aliphatic heterocycles. The maximum atomic E-state index is 6.02. The van der Waals surface area contributed by atoms with Crippen molar-refractivity contribution in [3.8, 4) is 0 Å². The Labute approximate surface area is 61.2 Å². The molecule has 0 spiro atoms. The van der Waals surface area contributed by atoms with Gasteiger partial charge in [-0.15, -0.1) is 11.6 Å². The van der Waals surface area contributed by atoms with E-state index in [1.165, 1.54) is 0 Å². The van der Waals surface area contributed by atoms with Gasteiger partial charge in [-0.1, -0.05) is 24.3 Å². The van der Waals surface area contributed by atoms with Crippen molar-refractivity contribution in [2.75, 3.05) is 0 Å². The van der Waals surface area contributed by atoms with Gasteiger partial charge in [-0.25, -0.2) is 0 Å². The maximum absolute atomic E-state index is 6.02. The third kappa shape index (κ3) is 1.36. The molecule has 49 valence electrons. The Bertz CT molecular complexity index is 154. The highest BCUT2D eigenvalue weighted by Crippen LogP contribution is 2.29. The quantitative estimate of drug-likeness (QED) is 0.455. The van der Waals surface area contributed by atoms with E-state index in [4.69, 9.17) is 11.6 Å². The molecule has 1 radical (unpaired) electrons. The summed E-state index contributed by atoms with van der Waals surface area (Å²) in [6.07, 6.45) is 7.90. The molecule has 0 saturated heterocycles. The van der Waals surface area contributed by atoms with E-state index in [-0.39, 0.29) is 10.8 Å². The highest BCUT2D eigenvalue weighted by molar-refractivity contribution is 6.25. The van der Waals surface area contributed by atoms with Crippen molar-refractivity contribution in [1.82, 2.24) is 0 Å². The molecule has 1 aliphatic rings. The first-order valence-corrected chi connectivity index (χ1v) is 3.39. The van der Waals surface area contributed by atoms with Gasteiger partial charge in [-0.3, -0.25) is 0 Å². The molecule has 9 heavy (non-hydrogen) atoms. The summed E-state index contributed by atoms with van der Waals surface area (Å²) in [6.45, 7) is 5.84. The minimum Gasteiger partial charge on any atom is -0.114 e. The lowest BCUT2D eigenvalue weighted by atomic mass is 9.91. The third-order valence-electron chi connectivity index (χ3n) is 1.60. The van der Waals surface area contributed by atoms with E-state index in [0.29, 0.717) is 0 Å². The van der Waals surface area contributed by atoms with Crippen LogP contribution in [0.5, 0.6) is 0 Å². The van der Waals surface area contributed by atoms with Gasteiger partial charge < -0.3 is 0 Å². The number of rotatable bonds is 0. The van der Waals surface area contributed by atoms with Gasteiger partial charge in [-0.2, -0.15) is 0 Å². The molecular formula is C8H10Cl. The Morgan fingerprint density at radius 1 is 1.56 bits per heavy atom. The van der Waals surface area contributed by atoms with Gasteiger partial charge in [-0.05, 0) is 19.8 Å². The molecule has 0 saturated carbocycles. The van der Waals surface area contributed by atoms with Crippen molar-refractivity contribution < 1.29 is 0 Å². The van der Waals surface area contributed by atoms with Gasteiger partial charge in [0.25, 0.3) is 0 Å². The molecule has 2 unspecified atom stereocenters. The van der Waals surface area contributed by atoms with Crippen LogP contribution in [0.3, 0.4) is 0 Å². The predicted octanol–water partition coefficient (Wildman–Crippen LogP) is 2.56. The molecule has 1 rings (SSSR count). The van der Waals surface area contributed by atoms with E-state index in [1.54, 1.807) is 0 Å². The second-order valence-corrected chi connectivity index (χ2v) is 3.32. The molecular weight excluding hydrogens is 132 g/mol. The summed E-state index contributed by atoms with van der Waals surface area (Å²) in [6, 6.07) is 0. The first kappa shape index (κ1) is 6.88. The van der Waals surface area contributed by atoms with Crippen LogP contribution >= 0.6 is 11.6 Å². The van der Waals surface area contributed by atoms with Crippen molar-refractivity contribution >= 4 is 11.6 Å². The largest absolute Gasteiger partial charge is 0.114 e. The lowest BCUT2D eigenvalue weighted by Gasteiger charge is -2.24. The molecule has 2 atom stereocenters. The number of alkyl halides is 1. The Hall–Kier alpha value is -0.230. The van der Waals surface area contributed by atoms with Gasteiger partial charge in [0.2, 0.25) is 0 Å². The fraction of sp³-hybridized carbons (Fsp3) is 0.375. The SMILES string of the molecule is [CH2]C1C=CC=CC1(C)Cl. The predicted molar refractivity (Wildman–Crippen MR) is 41.4 cm³/mol. The first-order chi connectivity index (χ1) is 4.13. The average Bonchev–Trinajstić information content (AvgIpc) is 1.77. The van der Waals surface area contributed by atoms with Crippen LogP contribution in [0.25, 0.3) is 0 Å². The van der Waals surface area contributed by atoms with Crippen molar-refractivity contribution in [2.45, 2.75) is 11.8 Å².